The fraction of sp³-hybridized carbons (Fsp3) is 0.308. The average Bonchev–Trinajstić information content (AvgIpc) is 2.25. The van der Waals surface area contributed by atoms with Gasteiger partial charge in [-0.3, -0.25) is 9.10 Å². The highest BCUT2D eigenvalue weighted by atomic mass is 32.2. The smallest absolute Gasteiger partial charge is 0.232 e. The normalized spacial score (nSPS) is 19.2. The number of nitrogens with zero attached hydrogens (tertiary/aromatic N) is 1. The van der Waals surface area contributed by atoms with Gasteiger partial charge in [-0.25, -0.2) is 8.42 Å². The molecule has 1 aliphatic rings. The number of ketones is 1. The van der Waals surface area contributed by atoms with Crippen LogP contribution in [0.3, 0.4) is 0 Å². The molecular weight excluding hydrogens is 250 g/mol. The van der Waals surface area contributed by atoms with E-state index in [2.05, 4.69) is 0 Å². The van der Waals surface area contributed by atoms with E-state index in [1.807, 2.05) is 12.1 Å². The van der Waals surface area contributed by atoms with E-state index in [0.717, 1.165) is 11.8 Å². The quantitative estimate of drug-likeness (QED) is 0.819. The topological polar surface area (TPSA) is 54.5 Å². The second kappa shape index (κ2) is 4.24. The number of benzene rings is 1. The zero-order valence-corrected chi connectivity index (χ0v) is 11.4. The minimum atomic E-state index is -3.41. The zero-order valence-electron chi connectivity index (χ0n) is 10.5. The van der Waals surface area contributed by atoms with Crippen molar-refractivity contribution in [3.05, 3.63) is 35.4 Å². The number of para-hydroxylation sites is 1. The van der Waals surface area contributed by atoms with E-state index in [9.17, 15) is 13.2 Å². The van der Waals surface area contributed by atoms with E-state index in [4.69, 9.17) is 0 Å². The monoisotopic (exact) mass is 265 g/mol. The Bertz CT molecular complexity index is 631. The molecule has 0 amide bonds. The first-order valence-corrected chi connectivity index (χ1v) is 7.48. The molecule has 0 radical (unpaired) electrons. The van der Waals surface area contributed by atoms with Crippen molar-refractivity contribution in [3.8, 4) is 0 Å². The molecule has 1 heterocycles. The van der Waals surface area contributed by atoms with E-state index in [-0.39, 0.29) is 5.78 Å². The molecule has 18 heavy (non-hydrogen) atoms. The summed E-state index contributed by atoms with van der Waals surface area (Å²) in [6.07, 6.45) is 2.92. The first-order valence-electron chi connectivity index (χ1n) is 5.63. The fourth-order valence-electron chi connectivity index (χ4n) is 2.30. The van der Waals surface area contributed by atoms with Gasteiger partial charge in [0, 0.05) is 5.57 Å². The first-order chi connectivity index (χ1) is 8.32. The molecule has 5 heteroatoms. The van der Waals surface area contributed by atoms with Gasteiger partial charge >= 0.3 is 0 Å². The van der Waals surface area contributed by atoms with Gasteiger partial charge in [-0.15, -0.1) is 0 Å². The van der Waals surface area contributed by atoms with Crippen molar-refractivity contribution in [2.75, 3.05) is 10.6 Å². The molecule has 0 saturated heterocycles. The molecule has 1 aromatic rings. The Morgan fingerprint density at radius 3 is 2.44 bits per heavy atom. The summed E-state index contributed by atoms with van der Waals surface area (Å²) in [5.74, 6) is -0.106. The lowest BCUT2D eigenvalue weighted by atomic mass is 9.96. The third kappa shape index (κ3) is 2.06. The highest BCUT2D eigenvalue weighted by Gasteiger charge is 2.32. The van der Waals surface area contributed by atoms with Crippen LogP contribution >= 0.6 is 0 Å². The molecule has 1 atom stereocenters. The predicted molar refractivity (Wildman–Crippen MR) is 71.9 cm³/mol. The molecule has 0 fully saturated rings. The minimum absolute atomic E-state index is 0.106. The lowest BCUT2D eigenvalue weighted by molar-refractivity contribution is -0.113. The van der Waals surface area contributed by atoms with Crippen molar-refractivity contribution in [1.29, 1.82) is 0 Å². The Kier molecular flexibility index (Phi) is 3.02. The maximum Gasteiger partial charge on any atom is 0.232 e. The Balaban J connectivity index is 2.71. The Hall–Kier alpha value is -1.62. The first kappa shape index (κ1) is 12.8. The van der Waals surface area contributed by atoms with Crippen molar-refractivity contribution >= 4 is 27.6 Å². The number of rotatable bonds is 2. The fourth-order valence-corrected chi connectivity index (χ4v) is 3.51. The summed E-state index contributed by atoms with van der Waals surface area (Å²) < 4.78 is 25.1. The minimum Gasteiger partial charge on any atom is -0.295 e. The number of Topliss-reactive ketones (excluding diaryl/α,β-unsaturated/α-hetero) is 1. The van der Waals surface area contributed by atoms with E-state index >= 15 is 0 Å². The Morgan fingerprint density at radius 1 is 1.28 bits per heavy atom. The van der Waals surface area contributed by atoms with Gasteiger partial charge < -0.3 is 0 Å². The standard InChI is InChI=1S/C13H15NO3S/c1-9-12(10(2)15)8-11-6-4-5-7-13(11)14(9)18(3,16)17/h4-9H,1-3H3/t9-/m1/s1. The van der Waals surface area contributed by atoms with E-state index in [1.165, 1.54) is 11.2 Å². The van der Waals surface area contributed by atoms with Gasteiger partial charge in [0.05, 0.1) is 18.0 Å². The van der Waals surface area contributed by atoms with Gasteiger partial charge in [0.2, 0.25) is 10.0 Å². The summed E-state index contributed by atoms with van der Waals surface area (Å²) in [6.45, 7) is 3.18. The SMILES string of the molecule is CC(=O)C1=Cc2ccccc2N(S(C)(=O)=O)[C@@H]1C. The third-order valence-corrected chi connectivity index (χ3v) is 4.28. The summed E-state index contributed by atoms with van der Waals surface area (Å²) in [6, 6.07) is 6.70. The molecule has 0 unspecified atom stereocenters. The second-order valence-electron chi connectivity index (χ2n) is 4.45. The number of carbonyl (C=O) groups is 1. The van der Waals surface area contributed by atoms with Gasteiger partial charge in [-0.1, -0.05) is 18.2 Å². The maximum atomic E-state index is 11.9. The van der Waals surface area contributed by atoms with E-state index in [0.29, 0.717) is 11.3 Å². The highest BCUT2D eigenvalue weighted by molar-refractivity contribution is 7.92. The Morgan fingerprint density at radius 2 is 1.89 bits per heavy atom. The Labute approximate surface area is 107 Å². The molecule has 96 valence electrons. The largest absolute Gasteiger partial charge is 0.295 e. The number of hydrogen-bond acceptors (Lipinski definition) is 3. The summed E-state index contributed by atoms with van der Waals surface area (Å²) in [4.78, 5) is 11.6. The number of hydrogen-bond donors (Lipinski definition) is 0. The molecule has 1 aliphatic heterocycles. The van der Waals surface area contributed by atoms with Crippen LogP contribution in [0.1, 0.15) is 19.4 Å². The summed E-state index contributed by atoms with van der Waals surface area (Å²) in [7, 11) is -3.41. The van der Waals surface area contributed by atoms with Crippen LogP contribution in [0.15, 0.2) is 29.8 Å². The number of carbonyl (C=O) groups excluding carboxylic acids is 1. The van der Waals surface area contributed by atoms with Crippen molar-refractivity contribution in [2.45, 2.75) is 19.9 Å². The van der Waals surface area contributed by atoms with Crippen molar-refractivity contribution in [2.24, 2.45) is 0 Å². The van der Waals surface area contributed by atoms with Crippen LogP contribution in [0, 0.1) is 0 Å². The number of fused-ring (bicyclic) bond motifs is 1. The molecule has 0 spiro atoms. The van der Waals surface area contributed by atoms with Crippen molar-refractivity contribution in [3.63, 3.8) is 0 Å². The summed E-state index contributed by atoms with van der Waals surface area (Å²) >= 11 is 0. The highest BCUT2D eigenvalue weighted by Crippen LogP contribution is 2.34. The molecule has 4 nitrogen and oxygen atoms in total. The van der Waals surface area contributed by atoms with Crippen LogP contribution < -0.4 is 4.31 Å². The zero-order chi connectivity index (χ0) is 13.5. The summed E-state index contributed by atoms with van der Waals surface area (Å²) in [5, 5.41) is 0. The third-order valence-electron chi connectivity index (χ3n) is 3.05. The lowest BCUT2D eigenvalue weighted by Gasteiger charge is -2.34. The molecule has 1 aromatic carbocycles. The van der Waals surface area contributed by atoms with Gasteiger partial charge in [-0.2, -0.15) is 0 Å². The number of anilines is 1. The van der Waals surface area contributed by atoms with E-state index < -0.39 is 16.1 Å². The van der Waals surface area contributed by atoms with Gasteiger partial charge in [0.1, 0.15) is 0 Å². The van der Waals surface area contributed by atoms with Gasteiger partial charge in [0.15, 0.2) is 5.78 Å². The second-order valence-corrected chi connectivity index (χ2v) is 6.31. The van der Waals surface area contributed by atoms with Crippen molar-refractivity contribution in [1.82, 2.24) is 0 Å². The molecule has 0 aliphatic carbocycles. The molecule has 0 N–H and O–H groups in total. The van der Waals surface area contributed by atoms with Crippen LogP contribution in [0.2, 0.25) is 0 Å². The molecule has 0 aromatic heterocycles. The average molecular weight is 265 g/mol. The molecule has 2 rings (SSSR count). The van der Waals surface area contributed by atoms with Crippen LogP contribution in [0.4, 0.5) is 5.69 Å². The van der Waals surface area contributed by atoms with Crippen LogP contribution in [0.25, 0.3) is 6.08 Å². The maximum absolute atomic E-state index is 11.9. The summed E-state index contributed by atoms with van der Waals surface area (Å²) in [5.41, 5.74) is 1.89. The van der Waals surface area contributed by atoms with Crippen molar-refractivity contribution < 1.29 is 13.2 Å². The van der Waals surface area contributed by atoms with Crippen LogP contribution in [0.5, 0.6) is 0 Å². The molecule has 0 saturated carbocycles. The van der Waals surface area contributed by atoms with Crippen LogP contribution in [-0.2, 0) is 14.8 Å². The van der Waals surface area contributed by atoms with E-state index in [1.54, 1.807) is 25.1 Å². The van der Waals surface area contributed by atoms with Gasteiger partial charge in [0.25, 0.3) is 0 Å². The van der Waals surface area contributed by atoms with Gasteiger partial charge in [-0.05, 0) is 31.6 Å². The molecular formula is C13H15NO3S. The predicted octanol–water partition coefficient (Wildman–Crippen LogP) is 1.83. The lowest BCUT2D eigenvalue weighted by Crippen LogP contribution is -2.42. The number of sulfonamides is 1. The molecule has 0 bridgehead atoms. The van der Waals surface area contributed by atoms with Crippen LogP contribution in [-0.4, -0.2) is 26.5 Å².